The summed E-state index contributed by atoms with van der Waals surface area (Å²) in [6, 6.07) is 0. The van der Waals surface area contributed by atoms with Gasteiger partial charge in [0, 0.05) is 12.0 Å². The molecule has 0 fully saturated rings. The van der Waals surface area contributed by atoms with Gasteiger partial charge < -0.3 is 14.9 Å². The van der Waals surface area contributed by atoms with Crippen LogP contribution in [0.3, 0.4) is 0 Å². The number of carbonyl (C=O) groups is 3. The third kappa shape index (κ3) is 5.70. The third-order valence-corrected chi connectivity index (χ3v) is 2.17. The summed E-state index contributed by atoms with van der Waals surface area (Å²) in [5.74, 6) is -4.17. The van der Waals surface area contributed by atoms with Crippen LogP contribution in [-0.2, 0) is 19.1 Å². The first-order chi connectivity index (χ1) is 7.90. The Morgan fingerprint density at radius 3 is 2.29 bits per heavy atom. The zero-order valence-electron chi connectivity index (χ0n) is 9.64. The molecule has 17 heavy (non-hydrogen) atoms. The highest BCUT2D eigenvalue weighted by Gasteiger charge is 2.25. The quantitative estimate of drug-likeness (QED) is 0.489. The molecule has 0 unspecified atom stereocenters. The molecule has 2 N–H and O–H groups in total. The van der Waals surface area contributed by atoms with Crippen LogP contribution in [0.1, 0.15) is 26.2 Å². The molecule has 0 spiro atoms. The van der Waals surface area contributed by atoms with Crippen molar-refractivity contribution in [3.63, 3.8) is 0 Å². The van der Waals surface area contributed by atoms with E-state index in [4.69, 9.17) is 10.2 Å². The smallest absolute Gasteiger partial charge is 0.331 e. The van der Waals surface area contributed by atoms with E-state index in [1.54, 1.807) is 6.92 Å². The van der Waals surface area contributed by atoms with Gasteiger partial charge in [-0.25, -0.2) is 4.79 Å². The molecule has 0 aliphatic carbocycles. The van der Waals surface area contributed by atoms with Crippen molar-refractivity contribution in [2.45, 2.75) is 26.2 Å². The fourth-order valence-electron chi connectivity index (χ4n) is 1.28. The lowest BCUT2D eigenvalue weighted by atomic mass is 9.94. The number of ether oxygens (including phenoxy) is 1. The molecule has 0 rings (SSSR count). The topological polar surface area (TPSA) is 101 Å². The number of rotatable bonds is 8. The summed E-state index contributed by atoms with van der Waals surface area (Å²) in [4.78, 5) is 32.4. The summed E-state index contributed by atoms with van der Waals surface area (Å²) in [7, 11) is 0. The minimum Gasteiger partial charge on any atom is -0.481 e. The second-order valence-electron chi connectivity index (χ2n) is 3.42. The molecule has 0 aromatic carbocycles. The van der Waals surface area contributed by atoms with Gasteiger partial charge in [0.2, 0.25) is 0 Å². The molecule has 0 amide bonds. The van der Waals surface area contributed by atoms with Gasteiger partial charge in [-0.15, -0.1) is 0 Å². The first-order valence-electron chi connectivity index (χ1n) is 5.20. The summed E-state index contributed by atoms with van der Waals surface area (Å²) in [6.07, 6.45) is 0.381. The largest absolute Gasteiger partial charge is 0.481 e. The minimum atomic E-state index is -1.34. The number of hydrogen-bond donors (Lipinski definition) is 2. The van der Waals surface area contributed by atoms with E-state index in [9.17, 15) is 14.4 Å². The van der Waals surface area contributed by atoms with E-state index < -0.39 is 23.8 Å². The van der Waals surface area contributed by atoms with Gasteiger partial charge in [0.1, 0.15) is 0 Å². The molecular weight excluding hydrogens is 228 g/mol. The van der Waals surface area contributed by atoms with E-state index >= 15 is 0 Å². The highest BCUT2D eigenvalue weighted by Crippen LogP contribution is 2.17. The summed E-state index contributed by atoms with van der Waals surface area (Å²) in [5, 5.41) is 17.5. The van der Waals surface area contributed by atoms with Crippen molar-refractivity contribution < 1.29 is 29.3 Å². The van der Waals surface area contributed by atoms with Crippen LogP contribution in [0.5, 0.6) is 0 Å². The molecule has 0 bridgehead atoms. The Labute approximate surface area is 98.9 Å². The maximum atomic E-state index is 11.0. The van der Waals surface area contributed by atoms with Crippen molar-refractivity contribution in [3.8, 4) is 0 Å². The molecule has 0 saturated heterocycles. The van der Waals surface area contributed by atoms with Crippen LogP contribution in [0.4, 0.5) is 0 Å². The average Bonchev–Trinajstić information content (AvgIpc) is 2.23. The number of carboxylic acid groups (broad SMARTS) is 2. The Morgan fingerprint density at radius 2 is 1.88 bits per heavy atom. The van der Waals surface area contributed by atoms with E-state index in [2.05, 4.69) is 11.3 Å². The number of carbonyl (C=O) groups excluding carboxylic acids is 1. The maximum absolute atomic E-state index is 11.0. The Hall–Kier alpha value is -1.85. The van der Waals surface area contributed by atoms with Crippen molar-refractivity contribution >= 4 is 17.9 Å². The molecule has 0 aliphatic heterocycles. The maximum Gasteiger partial charge on any atom is 0.331 e. The van der Waals surface area contributed by atoms with Gasteiger partial charge in [-0.2, -0.15) is 0 Å². The Kier molecular flexibility index (Phi) is 6.62. The number of esters is 1. The van der Waals surface area contributed by atoms with Crippen LogP contribution in [0.15, 0.2) is 12.2 Å². The lowest BCUT2D eigenvalue weighted by Gasteiger charge is -2.11. The van der Waals surface area contributed by atoms with E-state index in [0.29, 0.717) is 0 Å². The molecule has 96 valence electrons. The van der Waals surface area contributed by atoms with Crippen molar-refractivity contribution in [2.24, 2.45) is 5.92 Å². The van der Waals surface area contributed by atoms with Gasteiger partial charge >= 0.3 is 17.9 Å². The highest BCUT2D eigenvalue weighted by atomic mass is 16.5. The molecule has 0 radical (unpaired) electrons. The molecule has 0 saturated carbocycles. The molecule has 6 nitrogen and oxygen atoms in total. The van der Waals surface area contributed by atoms with Crippen LogP contribution < -0.4 is 0 Å². The van der Waals surface area contributed by atoms with Crippen molar-refractivity contribution in [3.05, 3.63) is 12.2 Å². The summed E-state index contributed by atoms with van der Waals surface area (Å²) >= 11 is 0. The average molecular weight is 244 g/mol. The van der Waals surface area contributed by atoms with Gasteiger partial charge in [-0.3, -0.25) is 9.59 Å². The second-order valence-corrected chi connectivity index (χ2v) is 3.42. The monoisotopic (exact) mass is 244 g/mol. The van der Waals surface area contributed by atoms with Gasteiger partial charge in [-0.05, 0) is 19.8 Å². The van der Waals surface area contributed by atoms with E-state index in [1.807, 2.05) is 0 Å². The molecule has 0 heterocycles. The number of aliphatic carboxylic acids is 2. The van der Waals surface area contributed by atoms with Crippen molar-refractivity contribution in [1.82, 2.24) is 0 Å². The predicted octanol–water partition coefficient (Wildman–Crippen LogP) is 1.06. The fourth-order valence-corrected chi connectivity index (χ4v) is 1.28. The van der Waals surface area contributed by atoms with E-state index in [1.165, 1.54) is 0 Å². The zero-order chi connectivity index (χ0) is 13.4. The SMILES string of the molecule is C=C(C(=O)O)[C@H](CCCC(=O)OCC)C(=O)O. The number of hydrogen-bond acceptors (Lipinski definition) is 4. The van der Waals surface area contributed by atoms with E-state index in [0.717, 1.165) is 0 Å². The van der Waals surface area contributed by atoms with Gasteiger partial charge in [0.25, 0.3) is 0 Å². The van der Waals surface area contributed by atoms with E-state index in [-0.39, 0.29) is 31.4 Å². The first-order valence-corrected chi connectivity index (χ1v) is 5.20. The van der Waals surface area contributed by atoms with Crippen LogP contribution in [0.2, 0.25) is 0 Å². The molecule has 6 heteroatoms. The van der Waals surface area contributed by atoms with Crippen molar-refractivity contribution in [1.29, 1.82) is 0 Å². The molecule has 0 aromatic rings. The molecule has 1 atom stereocenters. The Morgan fingerprint density at radius 1 is 1.29 bits per heavy atom. The minimum absolute atomic E-state index is 0.0548. The number of carboxylic acids is 2. The second kappa shape index (κ2) is 7.43. The van der Waals surface area contributed by atoms with Crippen LogP contribution in [0.25, 0.3) is 0 Å². The summed E-state index contributed by atoms with van der Waals surface area (Å²) in [5.41, 5.74) is -0.374. The zero-order valence-corrected chi connectivity index (χ0v) is 9.64. The summed E-state index contributed by atoms with van der Waals surface area (Å²) in [6.45, 7) is 5.15. The standard InChI is InChI=1S/C11H16O6/c1-3-17-9(12)6-4-5-8(11(15)16)7(2)10(13)14/h8H,2-6H2,1H3,(H,13,14)(H,15,16)/t8-/m0/s1. The molecule has 0 aliphatic rings. The van der Waals surface area contributed by atoms with Crippen LogP contribution in [0, 0.1) is 5.92 Å². The predicted molar refractivity (Wildman–Crippen MR) is 58.4 cm³/mol. The van der Waals surface area contributed by atoms with Gasteiger partial charge in [-0.1, -0.05) is 6.58 Å². The van der Waals surface area contributed by atoms with Crippen molar-refractivity contribution in [2.75, 3.05) is 6.61 Å². The summed E-state index contributed by atoms with van der Waals surface area (Å²) < 4.78 is 4.67. The van der Waals surface area contributed by atoms with Gasteiger partial charge in [0.15, 0.2) is 0 Å². The Bertz CT molecular complexity index is 320. The van der Waals surface area contributed by atoms with Crippen LogP contribution in [-0.4, -0.2) is 34.7 Å². The highest BCUT2D eigenvalue weighted by molar-refractivity contribution is 5.93. The van der Waals surface area contributed by atoms with Gasteiger partial charge in [0.05, 0.1) is 12.5 Å². The lowest BCUT2D eigenvalue weighted by molar-refractivity contribution is -0.145. The Balaban J connectivity index is 4.20. The van der Waals surface area contributed by atoms with Crippen LogP contribution >= 0.6 is 0 Å². The fraction of sp³-hybridized carbons (Fsp3) is 0.545. The third-order valence-electron chi connectivity index (χ3n) is 2.17. The normalized spacial score (nSPS) is 11.6. The first kappa shape index (κ1) is 15.2. The lowest BCUT2D eigenvalue weighted by Crippen LogP contribution is -2.21. The molecule has 0 aromatic heterocycles. The molecular formula is C11H16O6.